The molecule has 0 spiro atoms. The van der Waals surface area contributed by atoms with Gasteiger partial charge in [-0.2, -0.15) is 5.10 Å². The number of thioether (sulfide) groups is 1. The van der Waals surface area contributed by atoms with Gasteiger partial charge in [0.25, 0.3) is 17.1 Å². The average Bonchev–Trinajstić information content (AvgIpc) is 2.99. The Morgan fingerprint density at radius 3 is 2.68 bits per heavy atom. The lowest BCUT2D eigenvalue weighted by molar-refractivity contribution is -0.129. The number of nitrogens with one attached hydrogen (secondary N) is 2. The van der Waals surface area contributed by atoms with E-state index in [1.165, 1.54) is 30.7 Å². The maximum absolute atomic E-state index is 11.9. The topological polar surface area (TPSA) is 127 Å². The third-order valence-electron chi connectivity index (χ3n) is 3.29. The minimum absolute atomic E-state index is 0.0356. The highest BCUT2D eigenvalue weighted by molar-refractivity contribution is 8.18. The molecule has 1 aliphatic heterocycles. The lowest BCUT2D eigenvalue weighted by atomic mass is 10.2. The Bertz CT molecular complexity index is 1000. The fourth-order valence-corrected chi connectivity index (χ4v) is 2.71. The number of benzene rings is 1. The number of pyridine rings is 1. The molecule has 1 aromatic carbocycles. The van der Waals surface area contributed by atoms with Gasteiger partial charge in [-0.25, -0.2) is 10.2 Å². The molecule has 0 aliphatic carbocycles. The minimum Gasteiger partial charge on any atom is -0.423 e. The molecule has 1 fully saturated rings. The zero-order valence-corrected chi connectivity index (χ0v) is 14.9. The van der Waals surface area contributed by atoms with Crippen LogP contribution >= 0.6 is 11.8 Å². The standard InChI is InChI=1S/C18H12N4O5S/c23-15(9-14-17(25)21-18(26)28-14)27-13-3-1-2-11(8-13)10-20-22-16(24)12-4-6-19-7-5-12/h1-10H,(H,22,24)(H,21,25,26)/b14-9+,20-10-. The molecule has 0 atom stereocenters. The third kappa shape index (κ3) is 5.11. The second-order valence-corrected chi connectivity index (χ2v) is 6.30. The van der Waals surface area contributed by atoms with Crippen LogP contribution < -0.4 is 15.5 Å². The first kappa shape index (κ1) is 19.0. The van der Waals surface area contributed by atoms with E-state index in [0.29, 0.717) is 22.9 Å². The predicted octanol–water partition coefficient (Wildman–Crippen LogP) is 1.62. The summed E-state index contributed by atoms with van der Waals surface area (Å²) in [5, 5.41) is 5.35. The van der Waals surface area contributed by atoms with Crippen LogP contribution in [-0.2, 0) is 9.59 Å². The number of amides is 3. The van der Waals surface area contributed by atoms with Crippen LogP contribution in [-0.4, -0.2) is 34.2 Å². The molecule has 9 nitrogen and oxygen atoms in total. The second kappa shape index (κ2) is 8.73. The van der Waals surface area contributed by atoms with Crippen LogP contribution in [0.25, 0.3) is 0 Å². The van der Waals surface area contributed by atoms with E-state index in [2.05, 4.69) is 15.5 Å². The maximum Gasteiger partial charge on any atom is 0.337 e. The van der Waals surface area contributed by atoms with Crippen molar-refractivity contribution in [2.75, 3.05) is 0 Å². The number of hydrogen-bond donors (Lipinski definition) is 2. The third-order valence-corrected chi connectivity index (χ3v) is 4.10. The molecule has 2 N–H and O–H groups in total. The summed E-state index contributed by atoms with van der Waals surface area (Å²) in [4.78, 5) is 50.1. The molecule has 1 saturated heterocycles. The largest absolute Gasteiger partial charge is 0.423 e. The van der Waals surface area contributed by atoms with Gasteiger partial charge in [0.05, 0.1) is 11.1 Å². The van der Waals surface area contributed by atoms with Crippen molar-refractivity contribution < 1.29 is 23.9 Å². The van der Waals surface area contributed by atoms with Crippen LogP contribution in [0.5, 0.6) is 5.75 Å². The summed E-state index contributed by atoms with van der Waals surface area (Å²) in [5.74, 6) is -1.62. The molecule has 0 radical (unpaired) electrons. The van der Waals surface area contributed by atoms with Gasteiger partial charge in [-0.1, -0.05) is 12.1 Å². The molecule has 3 rings (SSSR count). The number of carbonyl (C=O) groups is 4. The summed E-state index contributed by atoms with van der Waals surface area (Å²) in [5.41, 5.74) is 3.35. The molecule has 1 aromatic heterocycles. The second-order valence-electron chi connectivity index (χ2n) is 5.28. The molecule has 2 aromatic rings. The summed E-state index contributed by atoms with van der Waals surface area (Å²) in [7, 11) is 0. The summed E-state index contributed by atoms with van der Waals surface area (Å²) in [6, 6.07) is 9.48. The Balaban J connectivity index is 1.60. The van der Waals surface area contributed by atoms with Gasteiger partial charge in [0, 0.05) is 24.0 Å². The highest BCUT2D eigenvalue weighted by Gasteiger charge is 2.26. The van der Waals surface area contributed by atoms with E-state index in [4.69, 9.17) is 4.74 Å². The summed E-state index contributed by atoms with van der Waals surface area (Å²) >= 11 is 0.623. The Morgan fingerprint density at radius 1 is 1.18 bits per heavy atom. The van der Waals surface area contributed by atoms with Crippen molar-refractivity contribution in [1.82, 2.24) is 15.7 Å². The molecule has 0 bridgehead atoms. The SMILES string of the molecule is O=C(/C=C1/SC(=O)NC1=O)Oc1cccc(/C=N\NC(=O)c2ccncc2)c1. The fourth-order valence-electron chi connectivity index (χ4n) is 2.07. The van der Waals surface area contributed by atoms with Crippen molar-refractivity contribution in [3.8, 4) is 5.75 Å². The normalized spacial score (nSPS) is 14.9. The molecule has 0 saturated carbocycles. The van der Waals surface area contributed by atoms with E-state index in [0.717, 1.165) is 6.08 Å². The molecule has 28 heavy (non-hydrogen) atoms. The zero-order chi connectivity index (χ0) is 19.9. The van der Waals surface area contributed by atoms with E-state index in [-0.39, 0.29) is 10.7 Å². The van der Waals surface area contributed by atoms with Crippen molar-refractivity contribution >= 4 is 41.0 Å². The van der Waals surface area contributed by atoms with Gasteiger partial charge in [0.15, 0.2) is 0 Å². The Kier molecular flexibility index (Phi) is 5.92. The number of aromatic nitrogens is 1. The maximum atomic E-state index is 11.9. The Morgan fingerprint density at radius 2 is 1.96 bits per heavy atom. The van der Waals surface area contributed by atoms with Crippen LogP contribution in [0, 0.1) is 0 Å². The molecule has 140 valence electrons. The number of ether oxygens (including phenoxy) is 1. The van der Waals surface area contributed by atoms with E-state index < -0.39 is 23.0 Å². The van der Waals surface area contributed by atoms with Gasteiger partial charge < -0.3 is 4.74 Å². The summed E-state index contributed by atoms with van der Waals surface area (Å²) in [6.45, 7) is 0. The van der Waals surface area contributed by atoms with E-state index in [1.54, 1.807) is 24.3 Å². The fraction of sp³-hybridized carbons (Fsp3) is 0. The van der Waals surface area contributed by atoms with Crippen LogP contribution in [0.4, 0.5) is 4.79 Å². The van der Waals surface area contributed by atoms with Gasteiger partial charge in [-0.05, 0) is 41.6 Å². The first-order valence-corrected chi connectivity index (χ1v) is 8.63. The van der Waals surface area contributed by atoms with Crippen LogP contribution in [0.15, 0.2) is 64.9 Å². The minimum atomic E-state index is -0.799. The van der Waals surface area contributed by atoms with Crippen LogP contribution in [0.2, 0.25) is 0 Å². The lowest BCUT2D eigenvalue weighted by Crippen LogP contribution is -2.18. The summed E-state index contributed by atoms with van der Waals surface area (Å²) in [6.07, 6.45) is 5.32. The zero-order valence-electron chi connectivity index (χ0n) is 14.1. The number of esters is 1. The lowest BCUT2D eigenvalue weighted by Gasteiger charge is -2.03. The van der Waals surface area contributed by atoms with Gasteiger partial charge >= 0.3 is 5.97 Å². The van der Waals surface area contributed by atoms with E-state index >= 15 is 0 Å². The highest BCUT2D eigenvalue weighted by Crippen LogP contribution is 2.23. The highest BCUT2D eigenvalue weighted by atomic mass is 32.2. The molecular formula is C18H12N4O5S. The molecule has 1 aliphatic rings. The smallest absolute Gasteiger partial charge is 0.337 e. The molecule has 3 amide bonds. The Hall–Kier alpha value is -3.79. The van der Waals surface area contributed by atoms with Gasteiger partial charge in [0.1, 0.15) is 5.75 Å². The summed E-state index contributed by atoms with van der Waals surface area (Å²) < 4.78 is 5.12. The van der Waals surface area contributed by atoms with Crippen LogP contribution in [0.1, 0.15) is 15.9 Å². The molecule has 2 heterocycles. The van der Waals surface area contributed by atoms with Crippen molar-refractivity contribution in [1.29, 1.82) is 0 Å². The first-order valence-electron chi connectivity index (χ1n) is 7.81. The number of imide groups is 1. The number of carbonyl (C=O) groups excluding carboxylic acids is 4. The first-order chi connectivity index (χ1) is 13.5. The van der Waals surface area contributed by atoms with Crippen LogP contribution in [0.3, 0.4) is 0 Å². The molecular weight excluding hydrogens is 384 g/mol. The number of nitrogens with zero attached hydrogens (tertiary/aromatic N) is 2. The van der Waals surface area contributed by atoms with Crippen molar-refractivity contribution in [2.45, 2.75) is 0 Å². The Labute approximate surface area is 162 Å². The monoisotopic (exact) mass is 396 g/mol. The number of hydrazone groups is 1. The van der Waals surface area contributed by atoms with Crippen molar-refractivity contribution in [2.24, 2.45) is 5.10 Å². The number of hydrogen-bond acceptors (Lipinski definition) is 8. The van der Waals surface area contributed by atoms with Gasteiger partial charge in [-0.15, -0.1) is 0 Å². The quantitative estimate of drug-likeness (QED) is 0.258. The molecule has 10 heteroatoms. The van der Waals surface area contributed by atoms with E-state index in [9.17, 15) is 19.2 Å². The average molecular weight is 396 g/mol. The van der Waals surface area contributed by atoms with Crippen molar-refractivity contribution in [3.63, 3.8) is 0 Å². The molecule has 0 unspecified atom stereocenters. The van der Waals surface area contributed by atoms with Crippen molar-refractivity contribution in [3.05, 3.63) is 70.9 Å². The number of rotatable bonds is 5. The van der Waals surface area contributed by atoms with Gasteiger partial charge in [-0.3, -0.25) is 24.7 Å². The van der Waals surface area contributed by atoms with E-state index in [1.807, 2.05) is 5.32 Å². The predicted molar refractivity (Wildman–Crippen MR) is 101 cm³/mol. The van der Waals surface area contributed by atoms with Gasteiger partial charge in [0.2, 0.25) is 0 Å².